The number of carbonyl (C=O) groups is 1. The molecule has 0 fully saturated rings. The maximum Gasteiger partial charge on any atom is 0.434 e. The summed E-state index contributed by atoms with van der Waals surface area (Å²) in [7, 11) is -2.47. The highest BCUT2D eigenvalue weighted by Gasteiger charge is 2.60. The second-order valence-electron chi connectivity index (χ2n) is 8.01. The molecule has 0 aliphatic rings. The van der Waals surface area contributed by atoms with E-state index in [4.69, 9.17) is 4.74 Å². The molecule has 0 aliphatic heterocycles. The maximum atomic E-state index is 14.5. The van der Waals surface area contributed by atoms with Gasteiger partial charge in [0.05, 0.1) is 18.7 Å². The quantitative estimate of drug-likeness (QED) is 0.155. The summed E-state index contributed by atoms with van der Waals surface area (Å²) in [5.74, 6) is -1.59. The van der Waals surface area contributed by atoms with Crippen LogP contribution in [0.5, 0.6) is 5.75 Å². The largest absolute Gasteiger partial charge is 0.497 e. The van der Waals surface area contributed by atoms with Crippen LogP contribution in [0.1, 0.15) is 11.6 Å². The minimum atomic E-state index is -5.92. The number of methoxy groups -OCH3 is 1. The van der Waals surface area contributed by atoms with Crippen molar-refractivity contribution in [2.75, 3.05) is 7.11 Å². The first-order chi connectivity index (χ1) is 17.8. The van der Waals surface area contributed by atoms with Crippen molar-refractivity contribution >= 4 is 23.9 Å². The Morgan fingerprint density at radius 2 is 1.26 bits per heavy atom. The number of nitrogens with one attached hydrogen (secondary N) is 1. The van der Waals surface area contributed by atoms with Crippen molar-refractivity contribution in [2.45, 2.75) is 24.5 Å². The Bertz CT molecular complexity index is 1240. The Balaban J connectivity index is 2.09. The number of benzene rings is 3. The van der Waals surface area contributed by atoms with Crippen LogP contribution in [0, 0.1) is 0 Å². The number of esters is 1. The lowest BCUT2D eigenvalue weighted by atomic mass is 10.0. The molecule has 1 atom stereocenters. The van der Waals surface area contributed by atoms with E-state index in [1.165, 1.54) is 55.6 Å². The number of alkyl halides is 6. The molecule has 3 aromatic carbocycles. The van der Waals surface area contributed by atoms with Gasteiger partial charge in [-0.05, 0) is 42.0 Å². The van der Waals surface area contributed by atoms with Crippen molar-refractivity contribution < 1.29 is 45.2 Å². The fourth-order valence-corrected chi connectivity index (χ4v) is 5.97. The van der Waals surface area contributed by atoms with Crippen molar-refractivity contribution in [3.8, 4) is 5.75 Å². The molecule has 0 radical (unpaired) electrons. The number of halogens is 6. The molecule has 0 amide bonds. The summed E-state index contributed by atoms with van der Waals surface area (Å²) in [5.41, 5.74) is -0.656. The first-order valence-corrected chi connectivity index (χ1v) is 12.6. The third-order valence-corrected chi connectivity index (χ3v) is 8.10. The summed E-state index contributed by atoms with van der Waals surface area (Å²) in [6, 6.07) is 20.1. The van der Waals surface area contributed by atoms with Crippen LogP contribution in [0.4, 0.5) is 26.3 Å². The zero-order valence-corrected chi connectivity index (χ0v) is 20.7. The third kappa shape index (κ3) is 6.65. The lowest BCUT2D eigenvalue weighted by Gasteiger charge is -2.29. The van der Waals surface area contributed by atoms with E-state index >= 15 is 0 Å². The Hall–Kier alpha value is -3.56. The molecule has 5 nitrogen and oxygen atoms in total. The van der Waals surface area contributed by atoms with Crippen molar-refractivity contribution in [3.05, 3.63) is 103 Å². The highest BCUT2D eigenvalue weighted by atomic mass is 31.2. The monoisotopic (exact) mass is 557 g/mol. The molecule has 1 N–H and O–H groups in total. The zero-order chi connectivity index (χ0) is 28.1. The lowest BCUT2D eigenvalue weighted by Crippen LogP contribution is -2.46. The number of hydrogen-bond donors (Lipinski definition) is 1. The Morgan fingerprint density at radius 3 is 1.66 bits per heavy atom. The van der Waals surface area contributed by atoms with Crippen LogP contribution in [-0.4, -0.2) is 31.5 Å². The van der Waals surface area contributed by atoms with E-state index < -0.39 is 43.3 Å². The normalized spacial score (nSPS) is 13.2. The molecule has 0 bridgehead atoms. The van der Waals surface area contributed by atoms with Crippen molar-refractivity contribution in [1.29, 1.82) is 0 Å². The predicted octanol–water partition coefficient (Wildman–Crippen LogP) is 5.85. The number of rotatable bonds is 9. The number of hydrogen-bond acceptors (Lipinski definition) is 4. The van der Waals surface area contributed by atoms with Gasteiger partial charge >= 0.3 is 18.3 Å². The average molecular weight is 557 g/mol. The molecular weight excluding hydrogens is 535 g/mol. The molecule has 0 spiro atoms. The minimum absolute atomic E-state index is 0.162. The first kappa shape index (κ1) is 29.0. The van der Waals surface area contributed by atoms with Crippen LogP contribution in [0.2, 0.25) is 0 Å². The van der Waals surface area contributed by atoms with Gasteiger partial charge in [0.1, 0.15) is 5.75 Å². The highest BCUT2D eigenvalue weighted by molar-refractivity contribution is 7.76. The van der Waals surface area contributed by atoms with Gasteiger partial charge in [-0.25, -0.2) is 9.88 Å². The van der Waals surface area contributed by atoms with E-state index in [1.807, 2.05) is 0 Å². The topological polar surface area (TPSA) is 64.6 Å². The predicted molar refractivity (Wildman–Crippen MR) is 130 cm³/mol. The molecule has 38 heavy (non-hydrogen) atoms. The van der Waals surface area contributed by atoms with E-state index in [0.29, 0.717) is 5.75 Å². The second-order valence-corrected chi connectivity index (χ2v) is 10.5. The van der Waals surface area contributed by atoms with Gasteiger partial charge in [0.15, 0.2) is 0 Å². The summed E-state index contributed by atoms with van der Waals surface area (Å²) in [6.07, 6.45) is -16.2. The van der Waals surface area contributed by atoms with Gasteiger partial charge in [0.2, 0.25) is 7.29 Å². The maximum absolute atomic E-state index is 14.5. The van der Waals surface area contributed by atoms with Gasteiger partial charge in [-0.3, -0.25) is 4.57 Å². The summed E-state index contributed by atoms with van der Waals surface area (Å²) in [5, 5.41) is 3.35. The molecule has 12 heteroatoms. The van der Waals surface area contributed by atoms with Gasteiger partial charge in [-0.2, -0.15) is 26.3 Å². The minimum Gasteiger partial charge on any atom is -0.497 e. The summed E-state index contributed by atoms with van der Waals surface area (Å²) in [4.78, 5) is 12.7. The average Bonchev–Trinajstić information content (AvgIpc) is 2.89. The molecular formula is C26H22F6NO4P. The zero-order valence-electron chi connectivity index (χ0n) is 19.8. The van der Waals surface area contributed by atoms with Gasteiger partial charge < -0.3 is 9.47 Å². The van der Waals surface area contributed by atoms with E-state index in [0.717, 1.165) is 0 Å². The van der Waals surface area contributed by atoms with E-state index in [2.05, 4.69) is 16.4 Å². The number of ether oxygens (including phenoxy) is 2. The van der Waals surface area contributed by atoms with Crippen LogP contribution in [0.25, 0.3) is 0 Å². The standard InChI is InChI=1S/C26H22F6NO4P/c1-17(23(34)37-24(25(27,28)29)26(30,31)32)22(18-13-15-19(36-2)16-14-18)33-38(35,20-9-5-3-6-10-20)21-11-7-4-8-12-21/h3-16,22,24H,1H2,2H3,(H,33,35)/t22-/m1/s1. The molecule has 0 saturated carbocycles. The fraction of sp³-hybridized carbons (Fsp3) is 0.192. The summed E-state index contributed by atoms with van der Waals surface area (Å²) >= 11 is 0. The van der Waals surface area contributed by atoms with Crippen molar-refractivity contribution in [3.63, 3.8) is 0 Å². The highest BCUT2D eigenvalue weighted by Crippen LogP contribution is 2.44. The molecule has 3 rings (SSSR count). The second kappa shape index (κ2) is 11.4. The van der Waals surface area contributed by atoms with Crippen molar-refractivity contribution in [1.82, 2.24) is 5.09 Å². The molecule has 0 unspecified atom stereocenters. The molecule has 3 aromatic rings. The number of carbonyl (C=O) groups excluding carboxylic acids is 1. The van der Waals surface area contributed by atoms with Crippen LogP contribution < -0.4 is 20.4 Å². The van der Waals surface area contributed by atoms with Gasteiger partial charge in [-0.1, -0.05) is 55.1 Å². The molecule has 0 aliphatic carbocycles. The molecule has 0 heterocycles. The molecule has 0 aromatic heterocycles. The Labute approximate surface area is 214 Å². The Morgan fingerprint density at radius 1 is 0.816 bits per heavy atom. The smallest absolute Gasteiger partial charge is 0.434 e. The summed E-state index contributed by atoms with van der Waals surface area (Å²) < 4.78 is 102. The van der Waals surface area contributed by atoms with E-state index in [1.54, 1.807) is 36.4 Å². The summed E-state index contributed by atoms with van der Waals surface area (Å²) in [6.45, 7) is 3.44. The Kier molecular flexibility index (Phi) is 8.74. The van der Waals surface area contributed by atoms with Gasteiger partial charge in [0.25, 0.3) is 6.10 Å². The van der Waals surface area contributed by atoms with Crippen LogP contribution in [0.3, 0.4) is 0 Å². The lowest BCUT2D eigenvalue weighted by molar-refractivity contribution is -0.312. The van der Waals surface area contributed by atoms with Gasteiger partial charge in [-0.15, -0.1) is 0 Å². The fourth-order valence-electron chi connectivity index (χ4n) is 3.53. The third-order valence-electron chi connectivity index (χ3n) is 5.43. The molecule has 202 valence electrons. The van der Waals surface area contributed by atoms with Crippen molar-refractivity contribution in [2.24, 2.45) is 0 Å². The first-order valence-electron chi connectivity index (χ1n) is 10.9. The van der Waals surface area contributed by atoms with Crippen LogP contribution >= 0.6 is 7.29 Å². The van der Waals surface area contributed by atoms with E-state index in [9.17, 15) is 35.7 Å². The molecule has 0 saturated heterocycles. The van der Waals surface area contributed by atoms with Gasteiger partial charge in [0, 0.05) is 10.6 Å². The van der Waals surface area contributed by atoms with Crippen LogP contribution in [0.15, 0.2) is 97.1 Å². The van der Waals surface area contributed by atoms with E-state index in [-0.39, 0.29) is 16.2 Å². The SMILES string of the molecule is C=C(C(=O)OC(C(F)(F)F)C(F)(F)F)[C@@H](NP(=O)(c1ccccc1)c1ccccc1)c1ccc(OC)cc1. The van der Waals surface area contributed by atoms with Crippen LogP contribution in [-0.2, 0) is 14.1 Å².